The molecule has 1 rings (SSSR count). The number of carbonyl (C=O) groups is 1. The Morgan fingerprint density at radius 1 is 1.50 bits per heavy atom. The molecule has 1 aromatic heterocycles. The minimum Gasteiger partial charge on any atom is -0.444 e. The fourth-order valence-electron chi connectivity index (χ4n) is 1.47. The van der Waals surface area contributed by atoms with E-state index in [1.807, 2.05) is 7.85 Å². The fourth-order valence-corrected chi connectivity index (χ4v) is 1.47. The van der Waals surface area contributed by atoms with Gasteiger partial charge in [-0.2, -0.15) is 0 Å². The average molecular weight is 250 g/mol. The molecule has 5 nitrogen and oxygen atoms in total. The van der Waals surface area contributed by atoms with Crippen LogP contribution in [0.25, 0.3) is 0 Å². The summed E-state index contributed by atoms with van der Waals surface area (Å²) < 4.78 is 6.63. The molecule has 0 radical (unpaired) electrons. The predicted molar refractivity (Wildman–Crippen MR) is 72.9 cm³/mol. The van der Waals surface area contributed by atoms with Crippen LogP contribution in [0.4, 0.5) is 4.79 Å². The van der Waals surface area contributed by atoms with Gasteiger partial charge in [0.2, 0.25) is 0 Å². The summed E-state index contributed by atoms with van der Waals surface area (Å²) in [5.74, 6) is 0. The highest BCUT2D eigenvalue weighted by Crippen LogP contribution is 2.06. The second-order valence-corrected chi connectivity index (χ2v) is 5.29. The molecule has 0 atom stereocenters. The van der Waals surface area contributed by atoms with Crippen molar-refractivity contribution in [3.8, 4) is 0 Å². The summed E-state index contributed by atoms with van der Waals surface area (Å²) in [5, 5.41) is 2.63. The molecule has 0 aliphatic carbocycles. The van der Waals surface area contributed by atoms with Crippen LogP contribution in [0.15, 0.2) is 17.1 Å². The Balaban J connectivity index is 2.67. The molecule has 0 aliphatic heterocycles. The molecule has 0 bridgehead atoms. The molecule has 0 spiro atoms. The number of nitrogens with one attached hydrogen (secondary N) is 1. The monoisotopic (exact) mass is 250 g/mol. The zero-order chi connectivity index (χ0) is 13.9. The zero-order valence-corrected chi connectivity index (χ0v) is 11.5. The van der Waals surface area contributed by atoms with Crippen molar-refractivity contribution in [3.05, 3.63) is 28.2 Å². The zero-order valence-electron chi connectivity index (χ0n) is 11.5. The van der Waals surface area contributed by atoms with Gasteiger partial charge in [0, 0.05) is 25.9 Å². The van der Waals surface area contributed by atoms with Gasteiger partial charge in [-0.15, -0.1) is 0 Å². The van der Waals surface area contributed by atoms with E-state index in [9.17, 15) is 9.59 Å². The number of aryl methyl sites for hydroxylation is 1. The maximum atomic E-state index is 11.5. The third kappa shape index (κ3) is 4.27. The molecule has 98 valence electrons. The quantitative estimate of drug-likeness (QED) is 0.731. The van der Waals surface area contributed by atoms with Crippen LogP contribution in [0.2, 0.25) is 0 Å². The Morgan fingerprint density at radius 3 is 2.67 bits per heavy atom. The van der Waals surface area contributed by atoms with Gasteiger partial charge in [-0.3, -0.25) is 4.79 Å². The van der Waals surface area contributed by atoms with Gasteiger partial charge in [0.25, 0.3) is 5.56 Å². The molecule has 1 heterocycles. The highest BCUT2D eigenvalue weighted by atomic mass is 16.6. The molecule has 1 N–H and O–H groups in total. The smallest absolute Gasteiger partial charge is 0.407 e. The minimum atomic E-state index is -0.522. The predicted octanol–water partition coefficient (Wildman–Crippen LogP) is -0.332. The van der Waals surface area contributed by atoms with Crippen LogP contribution in [-0.4, -0.2) is 24.1 Å². The molecule has 1 aromatic rings. The standard InChI is InChI=1S/C12H19BN2O3/c1-12(2,3)18-11(17)14-6-8-5-10(16)15(4)7-9(8)13/h5,7H,6,13H2,1-4H3,(H,14,17). The van der Waals surface area contributed by atoms with Crippen molar-refractivity contribution < 1.29 is 9.53 Å². The molecule has 6 heteroatoms. The number of amides is 1. The van der Waals surface area contributed by atoms with Gasteiger partial charge >= 0.3 is 6.09 Å². The summed E-state index contributed by atoms with van der Waals surface area (Å²) >= 11 is 0. The third-order valence-electron chi connectivity index (χ3n) is 2.36. The number of aromatic nitrogens is 1. The Hall–Kier alpha value is -1.72. The van der Waals surface area contributed by atoms with E-state index in [1.54, 1.807) is 34.0 Å². The number of hydrogen-bond donors (Lipinski definition) is 1. The van der Waals surface area contributed by atoms with Crippen LogP contribution in [0, 0.1) is 0 Å². The first-order valence-corrected chi connectivity index (χ1v) is 5.82. The van der Waals surface area contributed by atoms with Crippen LogP contribution >= 0.6 is 0 Å². The highest BCUT2D eigenvalue weighted by molar-refractivity contribution is 6.33. The maximum absolute atomic E-state index is 11.5. The molecular formula is C12H19BN2O3. The van der Waals surface area contributed by atoms with Crippen molar-refractivity contribution in [1.29, 1.82) is 0 Å². The molecule has 0 aliphatic rings. The van der Waals surface area contributed by atoms with E-state index in [-0.39, 0.29) is 12.1 Å². The van der Waals surface area contributed by atoms with Crippen LogP contribution in [-0.2, 0) is 18.3 Å². The highest BCUT2D eigenvalue weighted by Gasteiger charge is 2.15. The molecule has 0 fully saturated rings. The van der Waals surface area contributed by atoms with E-state index >= 15 is 0 Å². The second-order valence-electron chi connectivity index (χ2n) is 5.29. The summed E-state index contributed by atoms with van der Waals surface area (Å²) in [4.78, 5) is 23.0. The van der Waals surface area contributed by atoms with E-state index in [2.05, 4.69) is 5.32 Å². The van der Waals surface area contributed by atoms with Crippen LogP contribution in [0.1, 0.15) is 26.3 Å². The van der Waals surface area contributed by atoms with Crippen molar-refractivity contribution in [3.63, 3.8) is 0 Å². The van der Waals surface area contributed by atoms with Gasteiger partial charge in [0.15, 0.2) is 0 Å². The van der Waals surface area contributed by atoms with E-state index in [0.29, 0.717) is 0 Å². The fraction of sp³-hybridized carbons (Fsp3) is 0.500. The molecule has 18 heavy (non-hydrogen) atoms. The first-order chi connectivity index (χ1) is 8.19. The lowest BCUT2D eigenvalue weighted by Gasteiger charge is -2.20. The van der Waals surface area contributed by atoms with Gasteiger partial charge in [0.1, 0.15) is 13.4 Å². The molecule has 0 unspecified atom stereocenters. The van der Waals surface area contributed by atoms with Crippen molar-refractivity contribution >= 4 is 19.4 Å². The Bertz CT molecular complexity index is 503. The van der Waals surface area contributed by atoms with E-state index in [0.717, 1.165) is 11.0 Å². The number of rotatable bonds is 2. The molecule has 1 amide bonds. The van der Waals surface area contributed by atoms with E-state index in [1.165, 1.54) is 10.6 Å². The average Bonchev–Trinajstić information content (AvgIpc) is 2.19. The Morgan fingerprint density at radius 2 is 2.11 bits per heavy atom. The summed E-state index contributed by atoms with van der Waals surface area (Å²) in [7, 11) is 3.59. The summed E-state index contributed by atoms with van der Waals surface area (Å²) in [5.41, 5.74) is 1.13. The van der Waals surface area contributed by atoms with Crippen molar-refractivity contribution in [1.82, 2.24) is 9.88 Å². The van der Waals surface area contributed by atoms with Crippen LogP contribution in [0.5, 0.6) is 0 Å². The number of nitrogens with zero attached hydrogens (tertiary/aromatic N) is 1. The molecule has 0 aromatic carbocycles. The number of ether oxygens (including phenoxy) is 1. The van der Waals surface area contributed by atoms with Gasteiger partial charge in [0.05, 0.1) is 0 Å². The van der Waals surface area contributed by atoms with Crippen LogP contribution in [0.3, 0.4) is 0 Å². The molecular weight excluding hydrogens is 231 g/mol. The Kier molecular flexibility index (Phi) is 4.22. The first kappa shape index (κ1) is 14.3. The lowest BCUT2D eigenvalue weighted by molar-refractivity contribution is 0.0523. The lowest BCUT2D eigenvalue weighted by Crippen LogP contribution is -2.34. The summed E-state index contributed by atoms with van der Waals surface area (Å²) in [6, 6.07) is 1.52. The van der Waals surface area contributed by atoms with Gasteiger partial charge < -0.3 is 14.6 Å². The Labute approximate surface area is 108 Å². The topological polar surface area (TPSA) is 60.3 Å². The number of hydrogen-bond acceptors (Lipinski definition) is 3. The normalized spacial score (nSPS) is 11.1. The van der Waals surface area contributed by atoms with Crippen LogP contribution < -0.4 is 16.3 Å². The van der Waals surface area contributed by atoms with Gasteiger partial charge in [-0.05, 0) is 26.3 Å². The molecule has 0 saturated heterocycles. The lowest BCUT2D eigenvalue weighted by atomic mass is 9.92. The van der Waals surface area contributed by atoms with Crippen molar-refractivity contribution in [2.75, 3.05) is 0 Å². The molecule has 0 saturated carbocycles. The number of pyridine rings is 1. The number of carbonyl (C=O) groups excluding carboxylic acids is 1. The maximum Gasteiger partial charge on any atom is 0.407 e. The first-order valence-electron chi connectivity index (χ1n) is 5.82. The second kappa shape index (κ2) is 5.29. The third-order valence-corrected chi connectivity index (χ3v) is 2.36. The van der Waals surface area contributed by atoms with Crippen molar-refractivity contribution in [2.45, 2.75) is 32.9 Å². The minimum absolute atomic E-state index is 0.0958. The largest absolute Gasteiger partial charge is 0.444 e. The van der Waals surface area contributed by atoms with Gasteiger partial charge in [-0.1, -0.05) is 5.46 Å². The van der Waals surface area contributed by atoms with Crippen molar-refractivity contribution in [2.24, 2.45) is 7.05 Å². The SMILES string of the molecule is Bc1cn(C)c(=O)cc1CNC(=O)OC(C)(C)C. The summed E-state index contributed by atoms with van der Waals surface area (Å²) in [6.45, 7) is 5.69. The van der Waals surface area contributed by atoms with Gasteiger partial charge in [-0.25, -0.2) is 4.79 Å². The number of alkyl carbamates (subject to hydrolysis) is 1. The summed E-state index contributed by atoms with van der Waals surface area (Å²) in [6.07, 6.45) is 1.26. The van der Waals surface area contributed by atoms with E-state index in [4.69, 9.17) is 4.74 Å². The van der Waals surface area contributed by atoms with E-state index < -0.39 is 11.7 Å².